The Morgan fingerprint density at radius 3 is 2.71 bits per heavy atom. The number of aliphatic hydroxyl groups is 1. The first-order chi connectivity index (χ1) is 9.99. The molecule has 21 heavy (non-hydrogen) atoms. The van der Waals surface area contributed by atoms with Crippen LogP contribution in [-0.4, -0.2) is 42.2 Å². The molecule has 116 valence electrons. The zero-order chi connectivity index (χ0) is 15.0. The largest absolute Gasteiger partial charge is 0.418 e. The van der Waals surface area contributed by atoms with Crippen LogP contribution in [0.15, 0.2) is 18.2 Å². The molecule has 1 N–H and O–H groups in total. The first kappa shape index (κ1) is 14.7. The molecule has 3 nitrogen and oxygen atoms in total. The number of benzene rings is 1. The fraction of sp³-hybridized carbons (Fsp3) is 0.600. The van der Waals surface area contributed by atoms with Gasteiger partial charge in [0, 0.05) is 31.4 Å². The molecule has 0 spiro atoms. The van der Waals surface area contributed by atoms with Gasteiger partial charge in [-0.05, 0) is 37.1 Å². The van der Waals surface area contributed by atoms with Gasteiger partial charge in [-0.25, -0.2) is 0 Å². The first-order valence-electron chi connectivity index (χ1n) is 7.29. The second-order valence-electron chi connectivity index (χ2n) is 5.79. The molecule has 0 bridgehead atoms. The van der Waals surface area contributed by atoms with E-state index in [1.807, 2.05) is 4.90 Å². The highest BCUT2D eigenvalue weighted by Gasteiger charge is 2.37. The number of rotatable bonds is 2. The number of aliphatic hydroxyl groups excluding tert-OH is 1. The van der Waals surface area contributed by atoms with E-state index in [0.717, 1.165) is 32.0 Å². The lowest BCUT2D eigenvalue weighted by Gasteiger charge is -2.39. The predicted molar refractivity (Wildman–Crippen MR) is 74.2 cm³/mol. The predicted octanol–water partition coefficient (Wildman–Crippen LogP) is 2.48. The van der Waals surface area contributed by atoms with Gasteiger partial charge in [0.25, 0.3) is 0 Å². The summed E-state index contributed by atoms with van der Waals surface area (Å²) in [5.74, 6) is 0. The third kappa shape index (κ3) is 2.87. The van der Waals surface area contributed by atoms with E-state index in [-0.39, 0.29) is 12.3 Å². The second kappa shape index (κ2) is 5.50. The molecular formula is C15H19F3N2O. The first-order valence-corrected chi connectivity index (χ1v) is 7.29. The van der Waals surface area contributed by atoms with Crippen LogP contribution in [0.1, 0.15) is 24.0 Å². The van der Waals surface area contributed by atoms with Crippen molar-refractivity contribution >= 4 is 5.69 Å². The summed E-state index contributed by atoms with van der Waals surface area (Å²) in [6.07, 6.45) is -2.20. The molecule has 0 aliphatic carbocycles. The molecule has 0 amide bonds. The van der Waals surface area contributed by atoms with E-state index < -0.39 is 11.7 Å². The number of alkyl halides is 3. The Bertz CT molecular complexity index is 518. The van der Waals surface area contributed by atoms with Gasteiger partial charge < -0.3 is 10.0 Å². The Morgan fingerprint density at radius 2 is 2.00 bits per heavy atom. The van der Waals surface area contributed by atoms with Crippen LogP contribution in [0.25, 0.3) is 0 Å². The van der Waals surface area contributed by atoms with Gasteiger partial charge in [-0.2, -0.15) is 13.2 Å². The van der Waals surface area contributed by atoms with Crippen LogP contribution in [-0.2, 0) is 12.8 Å². The van der Waals surface area contributed by atoms with Crippen molar-refractivity contribution in [3.8, 4) is 0 Å². The van der Waals surface area contributed by atoms with Crippen LogP contribution >= 0.6 is 0 Å². The lowest BCUT2D eigenvalue weighted by atomic mass is 10.0. The molecule has 0 saturated carbocycles. The maximum atomic E-state index is 13.3. The maximum absolute atomic E-state index is 13.3. The van der Waals surface area contributed by atoms with Crippen molar-refractivity contribution in [1.29, 1.82) is 0 Å². The molecule has 2 aliphatic rings. The Labute approximate surface area is 122 Å². The maximum Gasteiger partial charge on any atom is 0.418 e. The Kier molecular flexibility index (Phi) is 3.84. The van der Waals surface area contributed by atoms with Crippen molar-refractivity contribution in [1.82, 2.24) is 4.90 Å². The van der Waals surface area contributed by atoms with E-state index in [4.69, 9.17) is 5.11 Å². The van der Waals surface area contributed by atoms with E-state index in [0.29, 0.717) is 24.7 Å². The highest BCUT2D eigenvalue weighted by atomic mass is 19.4. The van der Waals surface area contributed by atoms with E-state index in [9.17, 15) is 13.2 Å². The molecular weight excluding hydrogens is 281 g/mol. The summed E-state index contributed by atoms with van der Waals surface area (Å²) in [5.41, 5.74) is -0.0997. The molecule has 1 atom stereocenters. The summed E-state index contributed by atoms with van der Waals surface area (Å²) in [4.78, 5) is 4.21. The molecule has 6 heteroatoms. The highest BCUT2D eigenvalue weighted by Crippen LogP contribution is 2.38. The van der Waals surface area contributed by atoms with Gasteiger partial charge in [-0.1, -0.05) is 6.07 Å². The Morgan fingerprint density at radius 1 is 1.19 bits per heavy atom. The lowest BCUT2D eigenvalue weighted by Crippen LogP contribution is -2.50. The number of nitrogens with zero attached hydrogens (tertiary/aromatic N) is 2. The second-order valence-corrected chi connectivity index (χ2v) is 5.79. The fourth-order valence-electron chi connectivity index (χ4n) is 3.39. The normalized spacial score (nSPS) is 23.4. The van der Waals surface area contributed by atoms with Gasteiger partial charge in [0.05, 0.1) is 12.2 Å². The Hall–Kier alpha value is -1.27. The van der Waals surface area contributed by atoms with Crippen LogP contribution in [0.3, 0.4) is 0 Å². The molecule has 1 aromatic carbocycles. The number of piperazine rings is 1. The summed E-state index contributed by atoms with van der Waals surface area (Å²) >= 11 is 0. The number of halogens is 3. The Balaban J connectivity index is 1.90. The van der Waals surface area contributed by atoms with Gasteiger partial charge in [-0.3, -0.25) is 4.90 Å². The number of hydrogen-bond donors (Lipinski definition) is 1. The van der Waals surface area contributed by atoms with Crippen molar-refractivity contribution in [2.24, 2.45) is 0 Å². The summed E-state index contributed by atoms with van der Waals surface area (Å²) < 4.78 is 39.8. The molecule has 2 fully saturated rings. The van der Waals surface area contributed by atoms with E-state index in [1.54, 1.807) is 6.07 Å². The molecule has 2 aliphatic heterocycles. The number of hydrogen-bond acceptors (Lipinski definition) is 3. The molecule has 2 heterocycles. The fourth-order valence-corrected chi connectivity index (χ4v) is 3.39. The minimum Gasteiger partial charge on any atom is -0.392 e. The van der Waals surface area contributed by atoms with Crippen molar-refractivity contribution < 1.29 is 18.3 Å². The monoisotopic (exact) mass is 300 g/mol. The molecule has 2 saturated heterocycles. The van der Waals surface area contributed by atoms with Gasteiger partial charge >= 0.3 is 6.18 Å². The smallest absolute Gasteiger partial charge is 0.392 e. The van der Waals surface area contributed by atoms with Crippen LogP contribution in [0, 0.1) is 0 Å². The van der Waals surface area contributed by atoms with Gasteiger partial charge in [0.15, 0.2) is 0 Å². The van der Waals surface area contributed by atoms with Crippen LogP contribution in [0.5, 0.6) is 0 Å². The van der Waals surface area contributed by atoms with Crippen molar-refractivity contribution in [2.45, 2.75) is 31.7 Å². The van der Waals surface area contributed by atoms with Crippen molar-refractivity contribution in [3.05, 3.63) is 29.3 Å². The average Bonchev–Trinajstić information content (AvgIpc) is 2.93. The van der Waals surface area contributed by atoms with Crippen molar-refractivity contribution in [2.75, 3.05) is 31.1 Å². The third-order valence-electron chi connectivity index (χ3n) is 4.48. The molecule has 1 aromatic rings. The van der Waals surface area contributed by atoms with Crippen molar-refractivity contribution in [3.63, 3.8) is 0 Å². The molecule has 3 rings (SSSR count). The van der Waals surface area contributed by atoms with Crippen LogP contribution in [0.4, 0.5) is 18.9 Å². The van der Waals surface area contributed by atoms with Gasteiger partial charge in [0.2, 0.25) is 0 Å². The third-order valence-corrected chi connectivity index (χ3v) is 4.48. The van der Waals surface area contributed by atoms with Crippen LogP contribution in [0.2, 0.25) is 0 Å². The van der Waals surface area contributed by atoms with E-state index >= 15 is 0 Å². The zero-order valence-corrected chi connectivity index (χ0v) is 11.7. The zero-order valence-electron chi connectivity index (χ0n) is 11.7. The summed E-state index contributed by atoms with van der Waals surface area (Å²) in [5, 5.41) is 9.06. The number of anilines is 1. The molecule has 1 unspecified atom stereocenters. The summed E-state index contributed by atoms with van der Waals surface area (Å²) in [7, 11) is 0. The lowest BCUT2D eigenvalue weighted by molar-refractivity contribution is -0.137. The molecule has 0 radical (unpaired) electrons. The standard InChI is InChI=1S/C15H19F3N2O/c16-15(17,18)13-8-11(10-21)3-4-14(13)20-7-6-19-5-1-2-12(19)9-20/h3-4,8,12,21H,1-2,5-7,9-10H2. The average molecular weight is 300 g/mol. The number of fused-ring (bicyclic) bond motifs is 1. The summed E-state index contributed by atoms with van der Waals surface area (Å²) in [6, 6.07) is 4.51. The van der Waals surface area contributed by atoms with Crippen LogP contribution < -0.4 is 4.90 Å². The van der Waals surface area contributed by atoms with Gasteiger partial charge in [-0.15, -0.1) is 0 Å². The quantitative estimate of drug-likeness (QED) is 0.909. The highest BCUT2D eigenvalue weighted by molar-refractivity contribution is 5.57. The van der Waals surface area contributed by atoms with Gasteiger partial charge in [0.1, 0.15) is 0 Å². The minimum absolute atomic E-state index is 0.242. The SMILES string of the molecule is OCc1ccc(N2CCN3CCCC3C2)c(C(F)(F)F)c1. The molecule has 0 aromatic heterocycles. The van der Waals surface area contributed by atoms with E-state index in [2.05, 4.69) is 4.90 Å². The minimum atomic E-state index is -4.40. The summed E-state index contributed by atoms with van der Waals surface area (Å²) in [6.45, 7) is 2.79. The topological polar surface area (TPSA) is 26.7 Å². The van der Waals surface area contributed by atoms with E-state index in [1.165, 1.54) is 6.07 Å².